The van der Waals surface area contributed by atoms with Gasteiger partial charge in [-0.15, -0.1) is 0 Å². The average Bonchev–Trinajstić information content (AvgIpc) is 2.09. The third-order valence-electron chi connectivity index (χ3n) is 3.34. The molecule has 0 bridgehead atoms. The van der Waals surface area contributed by atoms with Crippen LogP contribution in [0, 0.1) is 11.8 Å². The summed E-state index contributed by atoms with van der Waals surface area (Å²) >= 11 is 0. The molecule has 0 radical (unpaired) electrons. The van der Waals surface area contributed by atoms with Gasteiger partial charge in [-0.3, -0.25) is 0 Å². The molecule has 0 aliphatic carbocycles. The van der Waals surface area contributed by atoms with Crippen LogP contribution in [0.4, 0.5) is 0 Å². The summed E-state index contributed by atoms with van der Waals surface area (Å²) in [6.07, 6.45) is 2.66. The average molecular weight is 181 g/mol. The SMILES string of the molecule is C=C1C(C)CCC(C(C)C)N1CC. The third-order valence-corrected chi connectivity index (χ3v) is 3.34. The van der Waals surface area contributed by atoms with Crippen LogP contribution in [-0.4, -0.2) is 17.5 Å². The molecule has 2 unspecified atom stereocenters. The second-order valence-corrected chi connectivity index (χ2v) is 4.57. The molecule has 1 nitrogen and oxygen atoms in total. The number of hydrogen-bond donors (Lipinski definition) is 0. The predicted molar refractivity (Wildman–Crippen MR) is 58.5 cm³/mol. The molecule has 0 amide bonds. The molecule has 0 aromatic carbocycles. The van der Waals surface area contributed by atoms with Crippen molar-refractivity contribution in [1.82, 2.24) is 4.90 Å². The molecule has 2 atom stereocenters. The Morgan fingerprint density at radius 2 is 2.08 bits per heavy atom. The van der Waals surface area contributed by atoms with Gasteiger partial charge in [-0.25, -0.2) is 0 Å². The first-order valence-corrected chi connectivity index (χ1v) is 5.53. The summed E-state index contributed by atoms with van der Waals surface area (Å²) in [5.41, 5.74) is 1.35. The van der Waals surface area contributed by atoms with E-state index in [-0.39, 0.29) is 0 Å². The van der Waals surface area contributed by atoms with Gasteiger partial charge in [-0.2, -0.15) is 0 Å². The zero-order chi connectivity index (χ0) is 10.0. The second-order valence-electron chi connectivity index (χ2n) is 4.57. The Morgan fingerprint density at radius 1 is 1.46 bits per heavy atom. The lowest BCUT2D eigenvalue weighted by atomic mass is 9.86. The molecular weight excluding hydrogens is 158 g/mol. The van der Waals surface area contributed by atoms with Gasteiger partial charge in [0.05, 0.1) is 0 Å². The quantitative estimate of drug-likeness (QED) is 0.632. The Morgan fingerprint density at radius 3 is 2.54 bits per heavy atom. The number of allylic oxidation sites excluding steroid dienone is 1. The summed E-state index contributed by atoms with van der Waals surface area (Å²) in [7, 11) is 0. The highest BCUT2D eigenvalue weighted by Gasteiger charge is 2.29. The van der Waals surface area contributed by atoms with E-state index in [4.69, 9.17) is 0 Å². The maximum Gasteiger partial charge on any atom is 0.0309 e. The highest BCUT2D eigenvalue weighted by atomic mass is 15.2. The van der Waals surface area contributed by atoms with E-state index >= 15 is 0 Å². The van der Waals surface area contributed by atoms with Crippen LogP contribution in [-0.2, 0) is 0 Å². The lowest BCUT2D eigenvalue weighted by Crippen LogP contribution is -2.43. The molecule has 1 rings (SSSR count). The Labute approximate surface area is 82.8 Å². The van der Waals surface area contributed by atoms with E-state index in [0.717, 1.165) is 18.5 Å². The number of hydrogen-bond acceptors (Lipinski definition) is 1. The Bertz CT molecular complexity index is 184. The van der Waals surface area contributed by atoms with Crippen molar-refractivity contribution < 1.29 is 0 Å². The van der Waals surface area contributed by atoms with Gasteiger partial charge < -0.3 is 4.90 Å². The largest absolute Gasteiger partial charge is 0.372 e. The summed E-state index contributed by atoms with van der Waals surface area (Å²) < 4.78 is 0. The van der Waals surface area contributed by atoms with Gasteiger partial charge in [0.15, 0.2) is 0 Å². The van der Waals surface area contributed by atoms with Gasteiger partial charge in [-0.1, -0.05) is 27.4 Å². The van der Waals surface area contributed by atoms with Crippen molar-refractivity contribution in [2.24, 2.45) is 11.8 Å². The van der Waals surface area contributed by atoms with E-state index in [2.05, 4.69) is 39.2 Å². The Balaban J connectivity index is 2.72. The van der Waals surface area contributed by atoms with Crippen molar-refractivity contribution in [2.75, 3.05) is 6.54 Å². The van der Waals surface area contributed by atoms with Crippen LogP contribution < -0.4 is 0 Å². The normalized spacial score (nSPS) is 29.9. The van der Waals surface area contributed by atoms with Crippen LogP contribution in [0.2, 0.25) is 0 Å². The van der Waals surface area contributed by atoms with E-state index < -0.39 is 0 Å². The molecule has 1 heterocycles. The third kappa shape index (κ3) is 2.07. The van der Waals surface area contributed by atoms with Crippen molar-refractivity contribution in [1.29, 1.82) is 0 Å². The van der Waals surface area contributed by atoms with Gasteiger partial charge in [-0.05, 0) is 31.6 Å². The molecule has 0 N–H and O–H groups in total. The minimum Gasteiger partial charge on any atom is -0.372 e. The van der Waals surface area contributed by atoms with Gasteiger partial charge in [0.25, 0.3) is 0 Å². The summed E-state index contributed by atoms with van der Waals surface area (Å²) in [4.78, 5) is 2.50. The summed E-state index contributed by atoms with van der Waals surface area (Å²) in [6, 6.07) is 0.730. The van der Waals surface area contributed by atoms with E-state index in [1.165, 1.54) is 18.5 Å². The summed E-state index contributed by atoms with van der Waals surface area (Å²) in [5.74, 6) is 1.44. The molecule has 1 aliphatic rings. The minimum absolute atomic E-state index is 0.690. The first kappa shape index (κ1) is 10.6. The van der Waals surface area contributed by atoms with Crippen LogP contribution >= 0.6 is 0 Å². The fourth-order valence-corrected chi connectivity index (χ4v) is 2.37. The smallest absolute Gasteiger partial charge is 0.0309 e. The van der Waals surface area contributed by atoms with Gasteiger partial charge in [0.2, 0.25) is 0 Å². The molecule has 76 valence electrons. The summed E-state index contributed by atoms with van der Waals surface area (Å²) in [5, 5.41) is 0. The number of likely N-dealkylation sites (tertiary alicyclic amines) is 1. The zero-order valence-electron chi connectivity index (χ0n) is 9.51. The van der Waals surface area contributed by atoms with E-state index in [0.29, 0.717) is 5.92 Å². The first-order chi connectivity index (χ1) is 6.07. The molecule has 0 spiro atoms. The lowest BCUT2D eigenvalue weighted by molar-refractivity contribution is 0.139. The second kappa shape index (κ2) is 4.17. The fourth-order valence-electron chi connectivity index (χ4n) is 2.37. The van der Waals surface area contributed by atoms with E-state index in [1.54, 1.807) is 0 Å². The fraction of sp³-hybridized carbons (Fsp3) is 0.833. The number of piperidine rings is 1. The highest BCUT2D eigenvalue weighted by molar-refractivity contribution is 5.05. The van der Waals surface area contributed by atoms with Gasteiger partial charge >= 0.3 is 0 Å². The van der Waals surface area contributed by atoms with E-state index in [1.807, 2.05) is 0 Å². The lowest BCUT2D eigenvalue weighted by Gasteiger charge is -2.43. The molecule has 1 fully saturated rings. The molecule has 13 heavy (non-hydrogen) atoms. The minimum atomic E-state index is 0.690. The topological polar surface area (TPSA) is 3.24 Å². The highest BCUT2D eigenvalue weighted by Crippen LogP contribution is 2.32. The van der Waals surface area contributed by atoms with Crippen molar-refractivity contribution in [2.45, 2.75) is 46.6 Å². The Hall–Kier alpha value is -0.460. The number of rotatable bonds is 2. The standard InChI is InChI=1S/C12H23N/c1-6-13-11(5)10(4)7-8-12(13)9(2)3/h9-10,12H,5-8H2,1-4H3. The molecule has 0 aromatic rings. The molecule has 1 heteroatoms. The number of nitrogens with zero attached hydrogens (tertiary/aromatic N) is 1. The first-order valence-electron chi connectivity index (χ1n) is 5.53. The predicted octanol–water partition coefficient (Wildman–Crippen LogP) is 3.28. The maximum atomic E-state index is 4.21. The maximum absolute atomic E-state index is 4.21. The molecule has 1 aliphatic heterocycles. The molecule has 1 saturated heterocycles. The van der Waals surface area contributed by atoms with Crippen molar-refractivity contribution >= 4 is 0 Å². The van der Waals surface area contributed by atoms with Crippen molar-refractivity contribution in [3.8, 4) is 0 Å². The monoisotopic (exact) mass is 181 g/mol. The van der Waals surface area contributed by atoms with Crippen LogP contribution in [0.3, 0.4) is 0 Å². The summed E-state index contributed by atoms with van der Waals surface area (Å²) in [6.45, 7) is 14.5. The Kier molecular flexibility index (Phi) is 3.40. The molecular formula is C12H23N. The van der Waals surface area contributed by atoms with Crippen LogP contribution in [0.15, 0.2) is 12.3 Å². The van der Waals surface area contributed by atoms with Crippen molar-refractivity contribution in [3.63, 3.8) is 0 Å². The van der Waals surface area contributed by atoms with Gasteiger partial charge in [0, 0.05) is 18.3 Å². The van der Waals surface area contributed by atoms with Crippen molar-refractivity contribution in [3.05, 3.63) is 12.3 Å². The molecule has 0 aromatic heterocycles. The van der Waals surface area contributed by atoms with Crippen LogP contribution in [0.1, 0.15) is 40.5 Å². The zero-order valence-corrected chi connectivity index (χ0v) is 9.51. The van der Waals surface area contributed by atoms with Crippen LogP contribution in [0.5, 0.6) is 0 Å². The van der Waals surface area contributed by atoms with Gasteiger partial charge in [0.1, 0.15) is 0 Å². The molecule has 0 saturated carbocycles. The van der Waals surface area contributed by atoms with E-state index in [9.17, 15) is 0 Å². The van der Waals surface area contributed by atoms with Crippen LogP contribution in [0.25, 0.3) is 0 Å².